The average Bonchev–Trinajstić information content (AvgIpc) is 2.49. The first-order valence-corrected chi connectivity index (χ1v) is 5.73. The molecule has 0 bridgehead atoms. The summed E-state index contributed by atoms with van der Waals surface area (Å²) in [6.07, 6.45) is 5.33. The maximum atomic E-state index is 4.42. The minimum atomic E-state index is 0. The Hall–Kier alpha value is -1.28. The summed E-state index contributed by atoms with van der Waals surface area (Å²) in [5, 5.41) is 0. The number of pyridine rings is 3. The van der Waals surface area contributed by atoms with Crippen molar-refractivity contribution in [3.63, 3.8) is 0 Å². The van der Waals surface area contributed by atoms with Gasteiger partial charge in [0.25, 0.3) is 0 Å². The predicted molar refractivity (Wildman–Crippen MR) is 70.7 cm³/mol. The minimum Gasteiger partial charge on any atom is -1.00 e. The predicted octanol–water partition coefficient (Wildman–Crippen LogP) is -2.79. The van der Waals surface area contributed by atoms with Gasteiger partial charge < -0.3 is 24.8 Å². The zero-order valence-electron chi connectivity index (χ0n) is 10.8. The quantitative estimate of drug-likeness (QED) is 0.383. The molecule has 0 spiro atoms. The minimum absolute atomic E-state index is 0. The third-order valence-corrected chi connectivity index (χ3v) is 2.66. The number of halogens is 2. The molecule has 0 aliphatic heterocycles. The molecule has 0 aromatic carbocycles. The van der Waals surface area contributed by atoms with E-state index in [0.29, 0.717) is 0 Å². The second-order valence-corrected chi connectivity index (χ2v) is 3.83. The molecule has 0 saturated heterocycles. The number of rotatable bonds is 2. The van der Waals surface area contributed by atoms with Gasteiger partial charge in [0, 0.05) is 24.2 Å². The van der Waals surface area contributed by atoms with E-state index in [9.17, 15) is 0 Å². The van der Waals surface area contributed by atoms with Gasteiger partial charge >= 0.3 is 21.1 Å². The van der Waals surface area contributed by atoms with Crippen LogP contribution in [0, 0.1) is 0 Å². The summed E-state index contributed by atoms with van der Waals surface area (Å²) < 4.78 is 0. The van der Waals surface area contributed by atoms with E-state index in [4.69, 9.17) is 0 Å². The van der Waals surface area contributed by atoms with Crippen molar-refractivity contribution >= 4 is 0 Å². The van der Waals surface area contributed by atoms with Crippen LogP contribution >= 0.6 is 0 Å². The largest absolute Gasteiger partial charge is 2.00 e. The molecule has 0 saturated carbocycles. The molecule has 0 unspecified atom stereocenters. The van der Waals surface area contributed by atoms with E-state index in [2.05, 4.69) is 15.0 Å². The van der Waals surface area contributed by atoms with Crippen LogP contribution in [0.4, 0.5) is 0 Å². The van der Waals surface area contributed by atoms with Crippen molar-refractivity contribution in [2.75, 3.05) is 0 Å². The van der Waals surface area contributed by atoms with Crippen molar-refractivity contribution in [1.82, 2.24) is 15.0 Å². The molecule has 3 aromatic rings. The van der Waals surface area contributed by atoms with Gasteiger partial charge in [-0.25, -0.2) is 0 Å². The smallest absolute Gasteiger partial charge is 1.00 e. The van der Waals surface area contributed by atoms with E-state index in [-0.39, 0.29) is 45.9 Å². The first kappa shape index (κ1) is 19.7. The molecule has 6 heteroatoms. The van der Waals surface area contributed by atoms with Crippen LogP contribution in [0.5, 0.6) is 0 Å². The van der Waals surface area contributed by atoms with Crippen LogP contribution in [-0.4, -0.2) is 15.0 Å². The van der Waals surface area contributed by atoms with Gasteiger partial charge in [0.2, 0.25) is 0 Å². The zero-order valence-corrected chi connectivity index (χ0v) is 14.5. The van der Waals surface area contributed by atoms with Crippen LogP contribution in [-0.2, 0) is 21.1 Å². The van der Waals surface area contributed by atoms with Gasteiger partial charge in [-0.2, -0.15) is 0 Å². The molecule has 0 N–H and O–H groups in total. The molecule has 3 rings (SSSR count). The van der Waals surface area contributed by atoms with Gasteiger partial charge in [-0.15, -0.1) is 0 Å². The van der Waals surface area contributed by atoms with Gasteiger partial charge in [0.15, 0.2) is 0 Å². The molecule has 0 aliphatic rings. The average molecular weight is 499 g/mol. The monoisotopic (exact) mass is 498 g/mol. The maximum absolute atomic E-state index is 4.42. The van der Waals surface area contributed by atoms with E-state index in [0.717, 1.165) is 22.6 Å². The van der Waals surface area contributed by atoms with Crippen LogP contribution in [0.1, 0.15) is 0 Å². The fourth-order valence-electron chi connectivity index (χ4n) is 1.84. The van der Waals surface area contributed by atoms with Crippen molar-refractivity contribution in [3.05, 3.63) is 67.1 Å². The second-order valence-electron chi connectivity index (χ2n) is 3.83. The molecule has 0 amide bonds. The molecular formula is C15H11Cl2N3Pt. The van der Waals surface area contributed by atoms with Crippen molar-refractivity contribution in [3.8, 4) is 22.6 Å². The zero-order chi connectivity index (χ0) is 12.2. The van der Waals surface area contributed by atoms with E-state index in [1.54, 1.807) is 18.6 Å². The fourth-order valence-corrected chi connectivity index (χ4v) is 1.84. The summed E-state index contributed by atoms with van der Waals surface area (Å²) in [5.41, 5.74) is 3.62. The van der Waals surface area contributed by atoms with Crippen LogP contribution < -0.4 is 24.8 Å². The first-order chi connectivity index (χ1) is 8.95. The Labute approximate surface area is 150 Å². The normalized spacial score (nSPS) is 8.76. The molecule has 3 aromatic heterocycles. The van der Waals surface area contributed by atoms with Crippen LogP contribution in [0.3, 0.4) is 0 Å². The summed E-state index contributed by atoms with van der Waals surface area (Å²) in [7, 11) is 0. The molecule has 0 fully saturated rings. The molecule has 110 valence electrons. The van der Waals surface area contributed by atoms with E-state index >= 15 is 0 Å². The van der Waals surface area contributed by atoms with Gasteiger partial charge in [-0.3, -0.25) is 15.0 Å². The standard InChI is InChI=1S/C15H11N3.2ClH.Pt/c1-3-9-16-13(7-1)12-6-5-11-18-15(12)14-8-2-4-10-17-14;;;/h1-11H;2*1H;/q;;;+2/p-2. The van der Waals surface area contributed by atoms with Crippen LogP contribution in [0.15, 0.2) is 67.1 Å². The Morgan fingerprint density at radius 1 is 0.571 bits per heavy atom. The van der Waals surface area contributed by atoms with Crippen molar-refractivity contribution in [1.29, 1.82) is 0 Å². The topological polar surface area (TPSA) is 38.7 Å². The molecule has 21 heavy (non-hydrogen) atoms. The Morgan fingerprint density at radius 2 is 1.14 bits per heavy atom. The van der Waals surface area contributed by atoms with Crippen molar-refractivity contribution < 1.29 is 45.9 Å². The maximum Gasteiger partial charge on any atom is 2.00 e. The van der Waals surface area contributed by atoms with Crippen LogP contribution in [0.25, 0.3) is 22.6 Å². The molecule has 3 heterocycles. The van der Waals surface area contributed by atoms with Gasteiger partial charge in [0.1, 0.15) is 0 Å². The molecule has 3 nitrogen and oxygen atoms in total. The van der Waals surface area contributed by atoms with E-state index < -0.39 is 0 Å². The Balaban J connectivity index is 0.00000133. The molecule has 0 atom stereocenters. The first-order valence-electron chi connectivity index (χ1n) is 5.73. The number of hydrogen-bond acceptors (Lipinski definition) is 3. The third-order valence-electron chi connectivity index (χ3n) is 2.66. The molecule has 0 aliphatic carbocycles. The second kappa shape index (κ2) is 9.62. The Morgan fingerprint density at radius 3 is 1.71 bits per heavy atom. The SMILES string of the molecule is [Cl-].[Cl-].[Pt+2].c1ccc(-c2cccnc2-c2ccccn2)nc1. The molecule has 0 radical (unpaired) electrons. The fraction of sp³-hybridized carbons (Fsp3) is 0. The summed E-state index contributed by atoms with van der Waals surface area (Å²) in [6, 6.07) is 15.6. The Bertz CT molecular complexity index is 593. The molecular weight excluding hydrogens is 488 g/mol. The third kappa shape index (κ3) is 4.60. The Kier molecular flexibility index (Phi) is 9.03. The van der Waals surface area contributed by atoms with Crippen molar-refractivity contribution in [2.24, 2.45) is 0 Å². The summed E-state index contributed by atoms with van der Waals surface area (Å²) in [5.74, 6) is 0. The van der Waals surface area contributed by atoms with Gasteiger partial charge in [-0.05, 0) is 36.4 Å². The summed E-state index contributed by atoms with van der Waals surface area (Å²) in [4.78, 5) is 13.1. The van der Waals surface area contributed by atoms with Gasteiger partial charge in [-0.1, -0.05) is 12.1 Å². The van der Waals surface area contributed by atoms with E-state index in [1.165, 1.54) is 0 Å². The van der Waals surface area contributed by atoms with E-state index in [1.807, 2.05) is 48.5 Å². The summed E-state index contributed by atoms with van der Waals surface area (Å²) in [6.45, 7) is 0. The number of hydrogen-bond donors (Lipinski definition) is 0. The van der Waals surface area contributed by atoms with Gasteiger partial charge in [0.05, 0.1) is 17.1 Å². The van der Waals surface area contributed by atoms with Crippen molar-refractivity contribution in [2.45, 2.75) is 0 Å². The number of nitrogens with zero attached hydrogens (tertiary/aromatic N) is 3. The summed E-state index contributed by atoms with van der Waals surface area (Å²) >= 11 is 0. The van der Waals surface area contributed by atoms with Crippen LogP contribution in [0.2, 0.25) is 0 Å². The number of aromatic nitrogens is 3.